The zero-order chi connectivity index (χ0) is 22.1. The Morgan fingerprint density at radius 2 is 2.16 bits per heavy atom. The number of hydrogen-bond donors (Lipinski definition) is 2. The van der Waals surface area contributed by atoms with Crippen LogP contribution in [0.2, 0.25) is 0 Å². The van der Waals surface area contributed by atoms with E-state index in [9.17, 15) is 0 Å². The highest BCUT2D eigenvalue weighted by Gasteiger charge is 2.21. The molecular weight excluding hydrogens is 392 g/mol. The van der Waals surface area contributed by atoms with Crippen LogP contribution in [0, 0.1) is 12.8 Å². The maximum absolute atomic E-state index is 6.22. The Labute approximate surface area is 187 Å². The molecule has 7 nitrogen and oxygen atoms in total. The minimum atomic E-state index is 0.133. The van der Waals surface area contributed by atoms with E-state index in [1.165, 1.54) is 5.56 Å². The molecule has 2 unspecified atom stereocenters. The zero-order valence-corrected chi connectivity index (χ0v) is 19.7. The van der Waals surface area contributed by atoms with Crippen LogP contribution in [-0.4, -0.2) is 75.6 Å². The van der Waals surface area contributed by atoms with Gasteiger partial charge in [0.1, 0.15) is 11.9 Å². The molecule has 174 valence electrons. The van der Waals surface area contributed by atoms with E-state index in [0.717, 1.165) is 69.6 Å². The van der Waals surface area contributed by atoms with Gasteiger partial charge in [-0.05, 0) is 31.4 Å². The number of nitrogens with zero attached hydrogens (tertiary/aromatic N) is 2. The van der Waals surface area contributed by atoms with Crippen molar-refractivity contribution in [3.63, 3.8) is 0 Å². The summed E-state index contributed by atoms with van der Waals surface area (Å²) in [5, 5.41) is 6.81. The van der Waals surface area contributed by atoms with Crippen molar-refractivity contribution in [2.45, 2.75) is 52.9 Å². The van der Waals surface area contributed by atoms with Crippen LogP contribution in [0.25, 0.3) is 0 Å². The van der Waals surface area contributed by atoms with Gasteiger partial charge in [0.05, 0.1) is 32.5 Å². The Bertz CT molecular complexity index is 704. The number of morpholine rings is 1. The fraction of sp³-hybridized carbons (Fsp3) is 0.708. The number of ether oxygens (including phenoxy) is 3. The second kappa shape index (κ2) is 12.3. The summed E-state index contributed by atoms with van der Waals surface area (Å²) in [6.45, 7) is 16.2. The third-order valence-electron chi connectivity index (χ3n) is 5.50. The molecule has 0 saturated carbocycles. The Morgan fingerprint density at radius 1 is 1.29 bits per heavy atom. The first-order valence-electron chi connectivity index (χ1n) is 11.7. The number of hydrogen-bond acceptors (Lipinski definition) is 5. The van der Waals surface area contributed by atoms with Crippen molar-refractivity contribution in [2.75, 3.05) is 52.5 Å². The number of aryl methyl sites for hydroxylation is 1. The molecule has 1 aromatic carbocycles. The number of guanidine groups is 1. The summed E-state index contributed by atoms with van der Waals surface area (Å²) >= 11 is 0. The van der Waals surface area contributed by atoms with Gasteiger partial charge in [0.15, 0.2) is 5.96 Å². The van der Waals surface area contributed by atoms with Gasteiger partial charge in [-0.2, -0.15) is 0 Å². The molecule has 31 heavy (non-hydrogen) atoms. The highest BCUT2D eigenvalue weighted by atomic mass is 16.5. The minimum absolute atomic E-state index is 0.133. The minimum Gasteiger partial charge on any atom is -0.488 e. The highest BCUT2D eigenvalue weighted by Crippen LogP contribution is 2.24. The van der Waals surface area contributed by atoms with Gasteiger partial charge in [0.2, 0.25) is 0 Å². The van der Waals surface area contributed by atoms with Gasteiger partial charge in [-0.3, -0.25) is 4.90 Å². The lowest BCUT2D eigenvalue weighted by Crippen LogP contribution is -2.50. The molecule has 2 atom stereocenters. The van der Waals surface area contributed by atoms with Crippen molar-refractivity contribution in [2.24, 2.45) is 10.9 Å². The molecule has 2 fully saturated rings. The second-order valence-corrected chi connectivity index (χ2v) is 8.94. The van der Waals surface area contributed by atoms with Crippen molar-refractivity contribution >= 4 is 5.96 Å². The standard InChI is InChI=1S/C24H40N4O3/c1-5-25-24(27-14-22-16-28(9-11-30-22)15-18(2)3)26-13-20-7-6-19(4)12-23(20)31-21-8-10-29-17-21/h6-7,12,18,21-22H,5,8-11,13-17H2,1-4H3,(H2,25,26,27). The summed E-state index contributed by atoms with van der Waals surface area (Å²) in [7, 11) is 0. The first-order chi connectivity index (χ1) is 15.0. The topological polar surface area (TPSA) is 67.4 Å². The van der Waals surface area contributed by atoms with Crippen molar-refractivity contribution in [3.05, 3.63) is 29.3 Å². The average molecular weight is 433 g/mol. The second-order valence-electron chi connectivity index (χ2n) is 8.94. The molecule has 0 aliphatic carbocycles. The lowest BCUT2D eigenvalue weighted by Gasteiger charge is -2.34. The summed E-state index contributed by atoms with van der Waals surface area (Å²) in [4.78, 5) is 7.31. The van der Waals surface area contributed by atoms with Crippen LogP contribution < -0.4 is 15.4 Å². The highest BCUT2D eigenvalue weighted by molar-refractivity contribution is 5.79. The Balaban J connectivity index is 1.58. The van der Waals surface area contributed by atoms with E-state index in [-0.39, 0.29) is 12.2 Å². The van der Waals surface area contributed by atoms with Gasteiger partial charge in [-0.1, -0.05) is 26.0 Å². The molecule has 0 amide bonds. The largest absolute Gasteiger partial charge is 0.488 e. The van der Waals surface area contributed by atoms with Gasteiger partial charge >= 0.3 is 0 Å². The summed E-state index contributed by atoms with van der Waals surface area (Å²) in [6, 6.07) is 6.33. The van der Waals surface area contributed by atoms with Crippen LogP contribution in [-0.2, 0) is 16.0 Å². The maximum Gasteiger partial charge on any atom is 0.191 e. The predicted molar refractivity (Wildman–Crippen MR) is 125 cm³/mol. The van der Waals surface area contributed by atoms with E-state index in [0.29, 0.717) is 19.1 Å². The molecule has 2 heterocycles. The molecule has 2 saturated heterocycles. The first-order valence-corrected chi connectivity index (χ1v) is 11.7. The van der Waals surface area contributed by atoms with Gasteiger partial charge in [0, 0.05) is 44.7 Å². The Morgan fingerprint density at radius 3 is 2.90 bits per heavy atom. The van der Waals surface area contributed by atoms with Crippen LogP contribution in [0.4, 0.5) is 0 Å². The molecular formula is C24H40N4O3. The average Bonchev–Trinajstić information content (AvgIpc) is 3.24. The molecule has 0 spiro atoms. The van der Waals surface area contributed by atoms with E-state index in [2.05, 4.69) is 61.4 Å². The quantitative estimate of drug-likeness (QED) is 0.462. The van der Waals surface area contributed by atoms with E-state index in [4.69, 9.17) is 19.2 Å². The van der Waals surface area contributed by atoms with Crippen LogP contribution in [0.15, 0.2) is 23.2 Å². The molecule has 1 aromatic rings. The summed E-state index contributed by atoms with van der Waals surface area (Å²) in [5.41, 5.74) is 2.28. The smallest absolute Gasteiger partial charge is 0.191 e. The summed E-state index contributed by atoms with van der Waals surface area (Å²) in [6.07, 6.45) is 1.25. The molecule has 0 bridgehead atoms. The first kappa shape index (κ1) is 23.8. The molecule has 3 rings (SSSR count). The van der Waals surface area contributed by atoms with E-state index < -0.39 is 0 Å². The SMILES string of the molecule is CCNC(=NCc1ccc(C)cc1OC1CCOC1)NCC1CN(CC(C)C)CCO1. The third kappa shape index (κ3) is 7.98. The fourth-order valence-corrected chi connectivity index (χ4v) is 3.99. The van der Waals surface area contributed by atoms with Crippen LogP contribution in [0.3, 0.4) is 0 Å². The number of nitrogens with one attached hydrogen (secondary N) is 2. The molecule has 7 heteroatoms. The van der Waals surface area contributed by atoms with E-state index in [1.54, 1.807) is 0 Å². The molecule has 0 radical (unpaired) electrons. The summed E-state index contributed by atoms with van der Waals surface area (Å²) < 4.78 is 17.6. The van der Waals surface area contributed by atoms with Crippen LogP contribution >= 0.6 is 0 Å². The van der Waals surface area contributed by atoms with Crippen molar-refractivity contribution in [3.8, 4) is 5.75 Å². The molecule has 2 N–H and O–H groups in total. The van der Waals surface area contributed by atoms with Gasteiger partial charge in [-0.25, -0.2) is 4.99 Å². The van der Waals surface area contributed by atoms with Gasteiger partial charge in [0.25, 0.3) is 0 Å². The number of rotatable bonds is 9. The lowest BCUT2D eigenvalue weighted by atomic mass is 10.1. The third-order valence-corrected chi connectivity index (χ3v) is 5.50. The maximum atomic E-state index is 6.22. The Hall–Kier alpha value is -1.83. The zero-order valence-electron chi connectivity index (χ0n) is 19.7. The predicted octanol–water partition coefficient (Wildman–Crippen LogP) is 2.57. The van der Waals surface area contributed by atoms with Crippen LogP contribution in [0.5, 0.6) is 5.75 Å². The molecule has 2 aliphatic rings. The molecule has 0 aromatic heterocycles. The van der Waals surface area contributed by atoms with Crippen LogP contribution in [0.1, 0.15) is 38.3 Å². The lowest BCUT2D eigenvalue weighted by molar-refractivity contribution is -0.0284. The fourth-order valence-electron chi connectivity index (χ4n) is 3.99. The Kier molecular flexibility index (Phi) is 9.43. The summed E-state index contributed by atoms with van der Waals surface area (Å²) in [5.74, 6) is 2.39. The number of aliphatic imine (C=N–C) groups is 1. The normalized spacial score (nSPS) is 22.7. The van der Waals surface area contributed by atoms with E-state index >= 15 is 0 Å². The van der Waals surface area contributed by atoms with Crippen molar-refractivity contribution in [1.82, 2.24) is 15.5 Å². The van der Waals surface area contributed by atoms with Gasteiger partial charge in [-0.15, -0.1) is 0 Å². The monoisotopic (exact) mass is 432 g/mol. The molecule has 2 aliphatic heterocycles. The van der Waals surface area contributed by atoms with Gasteiger partial charge < -0.3 is 24.8 Å². The number of benzene rings is 1. The van der Waals surface area contributed by atoms with E-state index in [1.807, 2.05) is 0 Å². The van der Waals surface area contributed by atoms with Crippen molar-refractivity contribution < 1.29 is 14.2 Å². The van der Waals surface area contributed by atoms with Crippen molar-refractivity contribution in [1.29, 1.82) is 0 Å².